The summed E-state index contributed by atoms with van der Waals surface area (Å²) < 4.78 is 0. The monoisotopic (exact) mass is 554 g/mol. The molecular weight excluding hydrogens is 524 g/mol. The van der Waals surface area contributed by atoms with Crippen LogP contribution >= 0.6 is 0 Å². The fourth-order valence-corrected chi connectivity index (χ4v) is 6.27. The number of hydrogen-bond donors (Lipinski definition) is 2. The van der Waals surface area contributed by atoms with Gasteiger partial charge in [0.25, 0.3) is 11.8 Å². The lowest BCUT2D eigenvalue weighted by molar-refractivity contribution is -0.120. The van der Waals surface area contributed by atoms with Crippen LogP contribution in [0.25, 0.3) is 10.9 Å². The van der Waals surface area contributed by atoms with Crippen molar-refractivity contribution in [2.75, 3.05) is 10.2 Å². The van der Waals surface area contributed by atoms with Crippen molar-refractivity contribution < 1.29 is 14.4 Å². The second kappa shape index (κ2) is 10.0. The number of nitrogens with one attached hydrogen (secondary N) is 2. The molecule has 7 rings (SSSR count). The van der Waals surface area contributed by atoms with E-state index in [2.05, 4.69) is 23.3 Å². The molecule has 2 N–H and O–H groups in total. The molecular formula is C35H30N4O3. The van der Waals surface area contributed by atoms with Gasteiger partial charge in [0, 0.05) is 28.7 Å². The zero-order valence-corrected chi connectivity index (χ0v) is 23.4. The Morgan fingerprint density at radius 2 is 1.62 bits per heavy atom. The molecule has 0 unspecified atom stereocenters. The molecule has 1 saturated heterocycles. The van der Waals surface area contributed by atoms with E-state index in [0.717, 1.165) is 39.7 Å². The van der Waals surface area contributed by atoms with Crippen molar-refractivity contribution in [2.24, 2.45) is 0 Å². The molecule has 4 amide bonds. The van der Waals surface area contributed by atoms with Crippen molar-refractivity contribution in [3.8, 4) is 0 Å². The molecule has 0 saturated carbocycles. The molecule has 7 heteroatoms. The molecule has 0 bridgehead atoms. The maximum absolute atomic E-state index is 14.3. The summed E-state index contributed by atoms with van der Waals surface area (Å²) in [6.45, 7) is 4.10. The number of amides is 4. The summed E-state index contributed by atoms with van der Waals surface area (Å²) in [4.78, 5) is 48.4. The van der Waals surface area contributed by atoms with Gasteiger partial charge in [-0.2, -0.15) is 0 Å². The van der Waals surface area contributed by atoms with Crippen LogP contribution < -0.4 is 10.2 Å². The fraction of sp³-hybridized carbons (Fsp3) is 0.171. The second-order valence-corrected chi connectivity index (χ2v) is 11.0. The predicted molar refractivity (Wildman–Crippen MR) is 164 cm³/mol. The number of fused-ring (bicyclic) bond motifs is 4. The Kier molecular flexibility index (Phi) is 6.16. The minimum atomic E-state index is -0.701. The molecule has 208 valence electrons. The van der Waals surface area contributed by atoms with E-state index in [9.17, 15) is 14.4 Å². The molecule has 0 spiro atoms. The number of carbonyl (C=O) groups is 3. The molecule has 0 radical (unpaired) electrons. The number of H-pyrrole nitrogens is 1. The number of hydrogen-bond acceptors (Lipinski definition) is 3. The van der Waals surface area contributed by atoms with Crippen molar-refractivity contribution in [3.05, 3.63) is 131 Å². The number of imide groups is 1. The molecule has 5 aromatic rings. The first kappa shape index (κ1) is 25.8. The topological polar surface area (TPSA) is 85.5 Å². The predicted octanol–water partition coefficient (Wildman–Crippen LogP) is 6.77. The Bertz CT molecular complexity index is 1860. The van der Waals surface area contributed by atoms with E-state index in [0.29, 0.717) is 12.1 Å². The molecule has 2 aliphatic rings. The standard InChI is InChI=1S/C35H30N4O3/c1-3-22-14-18-24(19-15-22)36-33(40)26-9-5-7-11-29(26)39-34(41)30-20-27-25-8-4-6-10-28(25)37-31(27)32(38(30)35(39)42)23-16-12-21(2)13-17-23/h4-19,30,32,37H,3,20H2,1-2H3,(H,36,40)/t30-,32-/m0/s1. The lowest BCUT2D eigenvalue weighted by atomic mass is 9.88. The second-order valence-electron chi connectivity index (χ2n) is 11.0. The Morgan fingerprint density at radius 1 is 0.905 bits per heavy atom. The van der Waals surface area contributed by atoms with Gasteiger partial charge in [-0.05, 0) is 60.4 Å². The summed E-state index contributed by atoms with van der Waals surface area (Å²) in [5.41, 5.74) is 7.32. The van der Waals surface area contributed by atoms with Crippen molar-refractivity contribution in [1.82, 2.24) is 9.88 Å². The van der Waals surface area contributed by atoms with Gasteiger partial charge in [-0.3, -0.25) is 14.5 Å². The summed E-state index contributed by atoms with van der Waals surface area (Å²) in [6.07, 6.45) is 1.29. The molecule has 3 heterocycles. The van der Waals surface area contributed by atoms with Crippen LogP contribution in [-0.2, 0) is 17.6 Å². The van der Waals surface area contributed by atoms with Crippen LogP contribution in [-0.4, -0.2) is 33.8 Å². The third-order valence-corrected chi connectivity index (χ3v) is 8.45. The number of para-hydroxylation sites is 2. The summed E-state index contributed by atoms with van der Waals surface area (Å²) in [7, 11) is 0. The molecule has 7 nitrogen and oxygen atoms in total. The molecule has 4 aromatic carbocycles. The van der Waals surface area contributed by atoms with Crippen LogP contribution in [0.15, 0.2) is 97.1 Å². The Morgan fingerprint density at radius 3 is 2.38 bits per heavy atom. The number of aromatic amines is 1. The third-order valence-electron chi connectivity index (χ3n) is 8.45. The number of urea groups is 1. The zero-order valence-electron chi connectivity index (χ0n) is 23.4. The van der Waals surface area contributed by atoms with E-state index in [1.54, 1.807) is 29.2 Å². The highest BCUT2D eigenvalue weighted by molar-refractivity contribution is 6.24. The van der Waals surface area contributed by atoms with E-state index in [1.165, 1.54) is 10.5 Å². The maximum atomic E-state index is 14.3. The summed E-state index contributed by atoms with van der Waals surface area (Å²) >= 11 is 0. The van der Waals surface area contributed by atoms with Gasteiger partial charge in [0.2, 0.25) is 0 Å². The van der Waals surface area contributed by atoms with Crippen LogP contribution in [0, 0.1) is 6.92 Å². The highest BCUT2D eigenvalue weighted by atomic mass is 16.2. The Labute approximate surface area is 243 Å². The molecule has 2 aliphatic heterocycles. The van der Waals surface area contributed by atoms with Gasteiger partial charge in [-0.25, -0.2) is 9.69 Å². The van der Waals surface area contributed by atoms with Gasteiger partial charge in [0.15, 0.2) is 0 Å². The van der Waals surface area contributed by atoms with Crippen molar-refractivity contribution in [1.29, 1.82) is 0 Å². The Balaban J connectivity index is 1.29. The molecule has 0 aliphatic carbocycles. The maximum Gasteiger partial charge on any atom is 0.332 e. The fourth-order valence-electron chi connectivity index (χ4n) is 6.27. The molecule has 1 aromatic heterocycles. The van der Waals surface area contributed by atoms with Crippen molar-refractivity contribution in [2.45, 2.75) is 38.8 Å². The minimum Gasteiger partial charge on any atom is -0.356 e. The number of rotatable bonds is 5. The van der Waals surface area contributed by atoms with E-state index < -0.39 is 18.1 Å². The van der Waals surface area contributed by atoms with Crippen molar-refractivity contribution in [3.63, 3.8) is 0 Å². The normalized spacial score (nSPS) is 17.9. The summed E-state index contributed by atoms with van der Waals surface area (Å²) in [5.74, 6) is -0.716. The van der Waals surface area contributed by atoms with Gasteiger partial charge >= 0.3 is 6.03 Å². The first-order chi connectivity index (χ1) is 20.4. The lowest BCUT2D eigenvalue weighted by Crippen LogP contribution is -2.44. The zero-order chi connectivity index (χ0) is 29.0. The first-order valence-corrected chi connectivity index (χ1v) is 14.3. The van der Waals surface area contributed by atoms with Gasteiger partial charge in [0.1, 0.15) is 12.1 Å². The average Bonchev–Trinajstić information content (AvgIpc) is 3.51. The number of anilines is 2. The molecule has 1 fully saturated rings. The van der Waals surface area contributed by atoms with Crippen LogP contribution in [0.5, 0.6) is 0 Å². The van der Waals surface area contributed by atoms with Gasteiger partial charge < -0.3 is 10.3 Å². The van der Waals surface area contributed by atoms with Crippen LogP contribution in [0.1, 0.15) is 51.3 Å². The number of carbonyl (C=O) groups excluding carboxylic acids is 3. The lowest BCUT2D eigenvalue weighted by Gasteiger charge is -2.36. The SMILES string of the molecule is CCc1ccc(NC(=O)c2ccccc2N2C(=O)[C@@H]3Cc4c([nH]c5ccccc45)[C@H](c4ccc(C)cc4)N3C2=O)cc1. The van der Waals surface area contributed by atoms with Crippen LogP contribution in [0.2, 0.25) is 0 Å². The van der Waals surface area contributed by atoms with Crippen molar-refractivity contribution >= 4 is 40.1 Å². The summed E-state index contributed by atoms with van der Waals surface area (Å²) in [5, 5.41) is 3.98. The highest BCUT2D eigenvalue weighted by Gasteiger charge is 2.53. The number of nitrogens with zero attached hydrogens (tertiary/aromatic N) is 2. The van der Waals surface area contributed by atoms with E-state index >= 15 is 0 Å². The summed E-state index contributed by atoms with van der Waals surface area (Å²) in [6, 6.07) is 28.9. The van der Waals surface area contributed by atoms with E-state index in [-0.39, 0.29) is 23.1 Å². The average molecular weight is 555 g/mol. The largest absolute Gasteiger partial charge is 0.356 e. The number of aromatic nitrogens is 1. The van der Waals surface area contributed by atoms with E-state index in [1.807, 2.05) is 73.7 Å². The third kappa shape index (κ3) is 4.08. The van der Waals surface area contributed by atoms with Gasteiger partial charge in [0.05, 0.1) is 11.3 Å². The highest BCUT2D eigenvalue weighted by Crippen LogP contribution is 2.45. The molecule has 2 atom stereocenters. The van der Waals surface area contributed by atoms with Gasteiger partial charge in [-0.1, -0.05) is 79.2 Å². The van der Waals surface area contributed by atoms with Crippen LogP contribution in [0.3, 0.4) is 0 Å². The molecule has 42 heavy (non-hydrogen) atoms. The smallest absolute Gasteiger partial charge is 0.332 e. The quantitative estimate of drug-likeness (QED) is 0.235. The van der Waals surface area contributed by atoms with Gasteiger partial charge in [-0.15, -0.1) is 0 Å². The van der Waals surface area contributed by atoms with E-state index in [4.69, 9.17) is 0 Å². The number of aryl methyl sites for hydroxylation is 2. The minimum absolute atomic E-state index is 0.259. The first-order valence-electron chi connectivity index (χ1n) is 14.3. The Hall–Kier alpha value is -5.17. The van der Waals surface area contributed by atoms with Crippen LogP contribution in [0.4, 0.5) is 16.2 Å². The number of benzene rings is 4.